The van der Waals surface area contributed by atoms with Crippen molar-refractivity contribution in [3.05, 3.63) is 194 Å². The molecule has 53 heavy (non-hydrogen) atoms. The van der Waals surface area contributed by atoms with Crippen LogP contribution in [-0.2, 0) is 0 Å². The van der Waals surface area contributed by atoms with E-state index in [9.17, 15) is 13.7 Å². The molecule has 1 heteroatoms. The van der Waals surface area contributed by atoms with Gasteiger partial charge in [0.05, 0.1) is 35.6 Å². The topological polar surface area (TPSA) is 13.1 Å². The monoisotopic (exact) mass is 698 g/mol. The van der Waals surface area contributed by atoms with Gasteiger partial charge in [0.15, 0.2) is 0 Å². The maximum absolute atomic E-state index is 9.64. The Hall–Kier alpha value is -6.96. The molecule has 0 amide bonds. The Balaban J connectivity index is 1.29. The molecule has 1 heterocycles. The summed E-state index contributed by atoms with van der Waals surface area (Å²) in [4.78, 5) is 0. The Labute approximate surface area is 343 Å². The van der Waals surface area contributed by atoms with Gasteiger partial charge in [-0.25, -0.2) is 0 Å². The summed E-state index contributed by atoms with van der Waals surface area (Å²) in [5.74, 6) is 0. The Morgan fingerprint density at radius 1 is 0.321 bits per heavy atom. The minimum atomic E-state index is -0.999. The Bertz CT molecular complexity index is 4620. The van der Waals surface area contributed by atoms with Crippen LogP contribution < -0.4 is 0 Å². The number of hydrogen-bond acceptors (Lipinski definition) is 1. The van der Waals surface area contributed by atoms with Crippen LogP contribution in [0.5, 0.6) is 0 Å². The number of benzene rings is 10. The smallest absolute Gasteiger partial charge is 0.136 e. The first-order chi connectivity index (χ1) is 37.1. The second-order valence-corrected chi connectivity index (χ2v) is 12.0. The third-order valence-corrected chi connectivity index (χ3v) is 9.16. The molecule has 0 saturated heterocycles. The predicted molar refractivity (Wildman–Crippen MR) is 225 cm³/mol. The highest BCUT2D eigenvalue weighted by Gasteiger charge is 2.19. The van der Waals surface area contributed by atoms with Crippen molar-refractivity contribution in [1.29, 1.82) is 0 Å². The highest BCUT2D eigenvalue weighted by molar-refractivity contribution is 6.24. The largest absolute Gasteiger partial charge is 0.456 e. The first-order valence-electron chi connectivity index (χ1n) is 29.1. The molecular weight excluding hydrogens is 641 g/mol. The summed E-state index contributed by atoms with van der Waals surface area (Å²) in [5, 5.41) is -2.98. The summed E-state index contributed by atoms with van der Waals surface area (Å²) in [5.41, 5.74) is -3.65. The highest BCUT2D eigenvalue weighted by atomic mass is 16.3. The first-order valence-corrected chi connectivity index (χ1v) is 16.1. The van der Waals surface area contributed by atoms with Crippen molar-refractivity contribution in [1.82, 2.24) is 0 Å². The molecule has 0 atom stereocenters. The van der Waals surface area contributed by atoms with Gasteiger partial charge in [0.2, 0.25) is 0 Å². The minimum Gasteiger partial charge on any atom is -0.456 e. The van der Waals surface area contributed by atoms with Crippen LogP contribution >= 0.6 is 0 Å². The lowest BCUT2D eigenvalue weighted by atomic mass is 9.83. The van der Waals surface area contributed by atoms with Gasteiger partial charge in [-0.05, 0) is 106 Å². The summed E-state index contributed by atoms with van der Waals surface area (Å²) in [6.45, 7) is 0. The lowest BCUT2D eigenvalue weighted by Gasteiger charge is -2.20. The zero-order chi connectivity index (χ0) is 57.5. The van der Waals surface area contributed by atoms with Crippen molar-refractivity contribution in [2.75, 3.05) is 0 Å². The van der Waals surface area contributed by atoms with Gasteiger partial charge in [0.25, 0.3) is 0 Å². The highest BCUT2D eigenvalue weighted by Crippen LogP contribution is 2.47. The molecule has 0 radical (unpaired) electrons. The summed E-state index contributed by atoms with van der Waals surface area (Å²) in [7, 11) is 0. The van der Waals surface area contributed by atoms with E-state index in [-0.39, 0.29) is 55.0 Å². The first kappa shape index (κ1) is 13.9. The van der Waals surface area contributed by atoms with E-state index in [0.717, 1.165) is 0 Å². The lowest BCUT2D eigenvalue weighted by molar-refractivity contribution is 0.669. The summed E-state index contributed by atoms with van der Waals surface area (Å²) in [6, 6.07) is -11.2. The Kier molecular flexibility index (Phi) is 3.09. The molecule has 0 aliphatic rings. The molecule has 0 bridgehead atoms. The second kappa shape index (κ2) is 11.8. The number of rotatable bonds is 4. The normalized spacial score (nSPS) is 18.6. The van der Waals surface area contributed by atoms with Crippen LogP contribution in [0.4, 0.5) is 0 Å². The molecule has 0 aliphatic heterocycles. The average molecular weight is 699 g/mol. The fraction of sp³-hybridized carbons (Fsp3) is 0. The molecule has 0 fully saturated rings. The van der Waals surface area contributed by atoms with Crippen LogP contribution in [0.25, 0.3) is 110 Å². The Morgan fingerprint density at radius 3 is 1.58 bits per heavy atom. The number of fused-ring (bicyclic) bond motifs is 7. The van der Waals surface area contributed by atoms with E-state index < -0.39 is 212 Å². The molecule has 10 aromatic carbocycles. The van der Waals surface area contributed by atoms with Crippen molar-refractivity contribution in [3.63, 3.8) is 0 Å². The predicted octanol–water partition coefficient (Wildman–Crippen LogP) is 14.9. The molecule has 0 N–H and O–H groups in total. The maximum Gasteiger partial charge on any atom is 0.136 e. The minimum absolute atomic E-state index is 0.0481. The van der Waals surface area contributed by atoms with Crippen molar-refractivity contribution in [3.8, 4) is 44.5 Å². The second-order valence-electron chi connectivity index (χ2n) is 12.0. The SMILES string of the molecule is [2H]c1c([2H])c(-c2c3c([2H])c([2H])c([2H])c([2H])c3c(-c3ccc(-c4c([2H])c([2H])c5c(oc6c([2H])c([2H])c([2H])c([2H])c65)c4[2H])c4ccccc34)c3c([2H])c([2H])c([2H])c([2H])c23)c([2H])c([2H])c1-c1c([2H])c([2H])c([2H])c2c([2H])c([2H])c([2H])c([2H])c12. The molecule has 1 aromatic heterocycles. The van der Waals surface area contributed by atoms with Crippen molar-refractivity contribution >= 4 is 65.0 Å². The van der Waals surface area contributed by atoms with E-state index in [1.807, 2.05) is 0 Å². The summed E-state index contributed by atoms with van der Waals surface area (Å²) >= 11 is 0. The van der Waals surface area contributed by atoms with Gasteiger partial charge in [-0.15, -0.1) is 0 Å². The quantitative estimate of drug-likeness (QED) is 0.167. The third kappa shape index (κ3) is 4.64. The van der Waals surface area contributed by atoms with Crippen LogP contribution in [0.2, 0.25) is 0 Å². The van der Waals surface area contributed by atoms with Gasteiger partial charge in [0.1, 0.15) is 11.2 Å². The third-order valence-electron chi connectivity index (χ3n) is 9.16. The van der Waals surface area contributed by atoms with Gasteiger partial charge in [-0.1, -0.05) is 175 Å². The van der Waals surface area contributed by atoms with Gasteiger partial charge in [-0.2, -0.15) is 0 Å². The van der Waals surface area contributed by atoms with E-state index in [1.54, 1.807) is 24.3 Å². The van der Waals surface area contributed by atoms with E-state index in [0.29, 0.717) is 0 Å². The molecule has 0 spiro atoms. The van der Waals surface area contributed by atoms with Crippen LogP contribution in [0.3, 0.4) is 0 Å². The summed E-state index contributed by atoms with van der Waals surface area (Å²) < 4.78 is 240. The summed E-state index contributed by atoms with van der Waals surface area (Å²) in [6.07, 6.45) is 0. The molecule has 11 rings (SSSR count). The van der Waals surface area contributed by atoms with Crippen LogP contribution in [0, 0.1) is 0 Å². The van der Waals surface area contributed by atoms with Crippen LogP contribution in [0.1, 0.15) is 35.6 Å². The zero-order valence-corrected chi connectivity index (χ0v) is 26.9. The number of furan rings is 1. The fourth-order valence-electron chi connectivity index (χ4n) is 6.87. The lowest BCUT2D eigenvalue weighted by Crippen LogP contribution is -1.92. The van der Waals surface area contributed by atoms with Gasteiger partial charge >= 0.3 is 0 Å². The van der Waals surface area contributed by atoms with Crippen molar-refractivity contribution < 1.29 is 40.1 Å². The average Bonchev–Trinajstić information content (AvgIpc) is 2.43. The zero-order valence-electron chi connectivity index (χ0n) is 52.9. The van der Waals surface area contributed by atoms with Gasteiger partial charge < -0.3 is 4.42 Å². The fourth-order valence-corrected chi connectivity index (χ4v) is 6.87. The molecule has 0 aliphatic carbocycles. The van der Waals surface area contributed by atoms with E-state index in [4.69, 9.17) is 26.3 Å². The number of para-hydroxylation sites is 1. The molecule has 246 valence electrons. The number of hydrogen-bond donors (Lipinski definition) is 0. The maximum atomic E-state index is 9.64. The van der Waals surface area contributed by atoms with Gasteiger partial charge in [-0.3, -0.25) is 0 Å². The van der Waals surface area contributed by atoms with E-state index >= 15 is 0 Å². The van der Waals surface area contributed by atoms with Crippen molar-refractivity contribution in [2.24, 2.45) is 0 Å². The van der Waals surface area contributed by atoms with Crippen LogP contribution in [-0.4, -0.2) is 0 Å². The molecule has 0 unspecified atom stereocenters. The van der Waals surface area contributed by atoms with E-state index in [2.05, 4.69) is 0 Å². The van der Waals surface area contributed by atoms with Crippen molar-refractivity contribution in [2.45, 2.75) is 0 Å². The standard InChI is InChI=1S/C52H32O/c1-2-14-37-33(12-1)13-11-22-38(37)34-24-26-35(27-25-34)51-44-18-5-7-20-46(44)52(47-21-8-6-19-45(47)51)48-31-30-39(40-15-3-4-16-41(40)48)36-28-29-43-42-17-9-10-23-49(42)53-50(43)32-36/h1-32H/i1D,2D,5D,6D,7D,8D,9D,10D,11D,12D,13D,14D,17D,18D,19D,20D,21D,22D,23D,24D,25D,26D,27D,28D,29D,32D. The van der Waals surface area contributed by atoms with Gasteiger partial charge in [0, 0.05) is 10.8 Å². The molecule has 1 nitrogen and oxygen atoms in total. The Morgan fingerprint density at radius 2 is 0.849 bits per heavy atom. The van der Waals surface area contributed by atoms with Crippen LogP contribution in [0.15, 0.2) is 198 Å². The van der Waals surface area contributed by atoms with E-state index in [1.165, 1.54) is 12.1 Å². The molecule has 11 aromatic rings. The molecular formula is C52H32O. The molecule has 0 saturated carbocycles.